The van der Waals surface area contributed by atoms with Gasteiger partial charge in [-0.3, -0.25) is 9.78 Å². The average molecular weight is 543 g/mol. The molecule has 2 saturated heterocycles. The standard InChI is InChI=1S/C31H38N6OS/c1-36-29-7-6-22(18-23(29)19-30(36)31(38)34-24-9-16-39-17-10-24)27-20-28(25-21-32-12-8-26(25)35-27)33-11-5-15-37-13-3-2-4-14-37/h6-8,12,18-21,24H,2-5,9-11,13-17H2,1H3,(H,33,35)(H,34,38). The van der Waals surface area contributed by atoms with Gasteiger partial charge in [0.15, 0.2) is 0 Å². The Bertz CT molecular complexity index is 1450. The smallest absolute Gasteiger partial charge is 0.268 e. The number of hydrogen-bond donors (Lipinski definition) is 2. The van der Waals surface area contributed by atoms with Crippen LogP contribution in [0.2, 0.25) is 0 Å². The van der Waals surface area contributed by atoms with Crippen LogP contribution in [-0.2, 0) is 7.05 Å². The van der Waals surface area contributed by atoms with Crippen LogP contribution in [0, 0.1) is 0 Å². The van der Waals surface area contributed by atoms with E-state index in [0.29, 0.717) is 5.69 Å². The Morgan fingerprint density at radius 2 is 1.92 bits per heavy atom. The third-order valence-electron chi connectivity index (χ3n) is 8.15. The molecule has 2 aliphatic heterocycles. The van der Waals surface area contributed by atoms with Crippen molar-refractivity contribution < 1.29 is 4.79 Å². The van der Waals surface area contributed by atoms with Crippen molar-refractivity contribution in [2.75, 3.05) is 43.0 Å². The van der Waals surface area contributed by atoms with E-state index in [9.17, 15) is 4.79 Å². The van der Waals surface area contributed by atoms with Crippen molar-refractivity contribution in [2.24, 2.45) is 7.05 Å². The van der Waals surface area contributed by atoms with Gasteiger partial charge in [0.2, 0.25) is 0 Å². The van der Waals surface area contributed by atoms with Gasteiger partial charge in [0.25, 0.3) is 5.91 Å². The lowest BCUT2D eigenvalue weighted by Crippen LogP contribution is -2.38. The number of rotatable bonds is 8. The van der Waals surface area contributed by atoms with Crippen LogP contribution in [-0.4, -0.2) is 69.1 Å². The van der Waals surface area contributed by atoms with E-state index in [2.05, 4.69) is 44.8 Å². The first-order chi connectivity index (χ1) is 19.2. The molecule has 39 heavy (non-hydrogen) atoms. The van der Waals surface area contributed by atoms with Crippen molar-refractivity contribution in [3.8, 4) is 11.3 Å². The summed E-state index contributed by atoms with van der Waals surface area (Å²) in [5, 5.41) is 9.02. The molecule has 0 saturated carbocycles. The molecule has 0 bridgehead atoms. The van der Waals surface area contributed by atoms with Gasteiger partial charge in [-0.2, -0.15) is 11.8 Å². The Labute approximate surface area is 234 Å². The number of thioether (sulfide) groups is 1. The maximum absolute atomic E-state index is 13.1. The monoisotopic (exact) mass is 542 g/mol. The van der Waals surface area contributed by atoms with Gasteiger partial charge in [-0.05, 0) is 93.6 Å². The summed E-state index contributed by atoms with van der Waals surface area (Å²) in [5.41, 5.74) is 5.71. The van der Waals surface area contributed by atoms with Gasteiger partial charge in [0, 0.05) is 59.6 Å². The first-order valence-electron chi connectivity index (χ1n) is 14.4. The summed E-state index contributed by atoms with van der Waals surface area (Å²) >= 11 is 1.97. The molecule has 0 spiro atoms. The molecule has 7 nitrogen and oxygen atoms in total. The number of hydrogen-bond acceptors (Lipinski definition) is 6. The summed E-state index contributed by atoms with van der Waals surface area (Å²) in [7, 11) is 1.97. The predicted octanol–water partition coefficient (Wildman–Crippen LogP) is 5.70. The lowest BCUT2D eigenvalue weighted by molar-refractivity contribution is 0.0927. The first-order valence-corrected chi connectivity index (χ1v) is 15.5. The fourth-order valence-electron chi connectivity index (χ4n) is 5.90. The van der Waals surface area contributed by atoms with Gasteiger partial charge < -0.3 is 20.1 Å². The lowest BCUT2D eigenvalue weighted by Gasteiger charge is -2.26. The number of piperidine rings is 1. The fourth-order valence-corrected chi connectivity index (χ4v) is 7.01. The van der Waals surface area contributed by atoms with E-state index in [4.69, 9.17) is 4.98 Å². The van der Waals surface area contributed by atoms with Crippen LogP contribution >= 0.6 is 11.8 Å². The van der Waals surface area contributed by atoms with E-state index in [0.717, 1.165) is 82.6 Å². The zero-order valence-corrected chi connectivity index (χ0v) is 23.6. The number of pyridine rings is 2. The molecule has 8 heteroatoms. The molecule has 6 rings (SSSR count). The third kappa shape index (κ3) is 5.92. The summed E-state index contributed by atoms with van der Waals surface area (Å²) in [5.74, 6) is 2.25. The highest BCUT2D eigenvalue weighted by atomic mass is 32.2. The normalized spacial score (nSPS) is 17.1. The number of nitrogens with zero attached hydrogens (tertiary/aromatic N) is 4. The molecule has 4 aromatic rings. The highest BCUT2D eigenvalue weighted by Gasteiger charge is 2.20. The van der Waals surface area contributed by atoms with Crippen LogP contribution in [0.25, 0.3) is 33.1 Å². The molecular weight excluding hydrogens is 504 g/mol. The molecule has 1 amide bonds. The second-order valence-electron chi connectivity index (χ2n) is 10.9. The highest BCUT2D eigenvalue weighted by Crippen LogP contribution is 2.31. The molecule has 2 N–H and O–H groups in total. The van der Waals surface area contributed by atoms with Crippen LogP contribution < -0.4 is 10.6 Å². The van der Waals surface area contributed by atoms with E-state index >= 15 is 0 Å². The largest absolute Gasteiger partial charge is 0.384 e. The van der Waals surface area contributed by atoms with Crippen LogP contribution in [0.15, 0.2) is 48.8 Å². The third-order valence-corrected chi connectivity index (χ3v) is 9.20. The molecule has 0 unspecified atom stereocenters. The number of fused-ring (bicyclic) bond motifs is 2. The zero-order chi connectivity index (χ0) is 26.6. The van der Waals surface area contributed by atoms with Crippen LogP contribution in [0.4, 0.5) is 5.69 Å². The first kappa shape index (κ1) is 26.1. The number of benzene rings is 1. The number of aryl methyl sites for hydroxylation is 1. The van der Waals surface area contributed by atoms with Crippen molar-refractivity contribution in [1.82, 2.24) is 24.8 Å². The summed E-state index contributed by atoms with van der Waals surface area (Å²) in [6.07, 6.45) is 10.9. The Kier molecular flexibility index (Phi) is 8.02. The molecule has 5 heterocycles. The molecule has 0 radical (unpaired) electrons. The number of likely N-dealkylation sites (tertiary alicyclic amines) is 1. The van der Waals surface area contributed by atoms with Gasteiger partial charge in [-0.15, -0.1) is 0 Å². The average Bonchev–Trinajstić information content (AvgIpc) is 3.32. The van der Waals surface area contributed by atoms with E-state index in [1.165, 1.54) is 32.4 Å². The van der Waals surface area contributed by atoms with Crippen molar-refractivity contribution >= 4 is 45.2 Å². The quantitative estimate of drug-likeness (QED) is 0.278. The maximum atomic E-state index is 13.1. The Hall–Kier alpha value is -3.10. The number of carbonyl (C=O) groups excluding carboxylic acids is 1. The maximum Gasteiger partial charge on any atom is 0.268 e. The minimum Gasteiger partial charge on any atom is -0.384 e. The minimum absolute atomic E-state index is 0.0134. The topological polar surface area (TPSA) is 75.1 Å². The molecule has 2 aliphatic rings. The van der Waals surface area contributed by atoms with Crippen LogP contribution in [0.1, 0.15) is 49.0 Å². The number of amides is 1. The molecular formula is C31H38N6OS. The zero-order valence-electron chi connectivity index (χ0n) is 22.8. The van der Waals surface area contributed by atoms with Crippen molar-refractivity contribution in [3.63, 3.8) is 0 Å². The minimum atomic E-state index is 0.0134. The summed E-state index contributed by atoms with van der Waals surface area (Å²) < 4.78 is 2.00. The number of carbonyl (C=O) groups is 1. The number of aromatic nitrogens is 3. The van der Waals surface area contributed by atoms with Gasteiger partial charge in [0.05, 0.1) is 11.2 Å². The van der Waals surface area contributed by atoms with E-state index in [1.54, 1.807) is 6.20 Å². The van der Waals surface area contributed by atoms with Crippen molar-refractivity contribution in [3.05, 3.63) is 54.5 Å². The van der Waals surface area contributed by atoms with Crippen molar-refractivity contribution in [2.45, 2.75) is 44.6 Å². The Balaban J connectivity index is 1.23. The molecule has 0 aliphatic carbocycles. The summed E-state index contributed by atoms with van der Waals surface area (Å²) in [4.78, 5) is 25.0. The molecule has 1 aromatic carbocycles. The predicted molar refractivity (Wildman–Crippen MR) is 163 cm³/mol. The summed E-state index contributed by atoms with van der Waals surface area (Å²) in [6.45, 7) is 4.52. The number of anilines is 1. The second kappa shape index (κ2) is 12.0. The van der Waals surface area contributed by atoms with Gasteiger partial charge >= 0.3 is 0 Å². The van der Waals surface area contributed by atoms with Gasteiger partial charge in [0.1, 0.15) is 5.69 Å². The van der Waals surface area contributed by atoms with Gasteiger partial charge in [-0.1, -0.05) is 12.5 Å². The molecule has 3 aromatic heterocycles. The van der Waals surface area contributed by atoms with E-state index in [1.807, 2.05) is 41.7 Å². The Morgan fingerprint density at radius 3 is 2.77 bits per heavy atom. The highest BCUT2D eigenvalue weighted by molar-refractivity contribution is 7.99. The van der Waals surface area contributed by atoms with Crippen LogP contribution in [0.5, 0.6) is 0 Å². The van der Waals surface area contributed by atoms with Crippen LogP contribution in [0.3, 0.4) is 0 Å². The van der Waals surface area contributed by atoms with Gasteiger partial charge in [-0.25, -0.2) is 4.98 Å². The second-order valence-corrected chi connectivity index (χ2v) is 12.1. The van der Waals surface area contributed by atoms with E-state index in [-0.39, 0.29) is 11.9 Å². The van der Waals surface area contributed by atoms with Crippen molar-refractivity contribution in [1.29, 1.82) is 0 Å². The SMILES string of the molecule is Cn1c(C(=O)NC2CCSCC2)cc2cc(-c3cc(NCCCN4CCCCC4)c4cnccc4n3)ccc21. The lowest BCUT2D eigenvalue weighted by atomic mass is 10.1. The van der Waals surface area contributed by atoms with E-state index < -0.39 is 0 Å². The number of nitrogens with one attached hydrogen (secondary N) is 2. The summed E-state index contributed by atoms with van der Waals surface area (Å²) in [6, 6.07) is 12.8. The fraction of sp³-hybridized carbons (Fsp3) is 0.452. The Morgan fingerprint density at radius 1 is 1.08 bits per heavy atom. The molecule has 2 fully saturated rings. The molecule has 0 atom stereocenters. The molecule has 204 valence electrons.